The highest BCUT2D eigenvalue weighted by Gasteiger charge is 2.07. The Morgan fingerprint density at radius 3 is 2.75 bits per heavy atom. The summed E-state index contributed by atoms with van der Waals surface area (Å²) >= 11 is 0. The van der Waals surface area contributed by atoms with Gasteiger partial charge in [-0.2, -0.15) is 0 Å². The normalized spacial score (nSPS) is 9.58. The van der Waals surface area contributed by atoms with Gasteiger partial charge in [-0.25, -0.2) is 0 Å². The second-order valence-electron chi connectivity index (χ2n) is 2.54. The van der Waals surface area contributed by atoms with E-state index in [0.29, 0.717) is 0 Å². The Hall–Kier alpha value is -0.995. The first-order valence-corrected chi connectivity index (χ1v) is 3.71. The van der Waals surface area contributed by atoms with E-state index in [1.54, 1.807) is 13.2 Å². The predicted molar refractivity (Wildman–Crippen MR) is 46.9 cm³/mol. The lowest BCUT2D eigenvalue weighted by atomic mass is 9.82. The average Bonchev–Trinajstić information content (AvgIpc) is 2.03. The predicted octanol–water partition coefficient (Wildman–Crippen LogP) is 0.250. The largest absolute Gasteiger partial charge is 0.497 e. The Balaban J connectivity index is 2.72. The summed E-state index contributed by atoms with van der Waals surface area (Å²) in [4.78, 5) is 0. The van der Waals surface area contributed by atoms with Gasteiger partial charge in [0.05, 0.1) is 7.11 Å². The number of hydrogen-bond acceptors (Lipinski definition) is 3. The van der Waals surface area contributed by atoms with Crippen LogP contribution >= 0.6 is 0 Å². The van der Waals surface area contributed by atoms with Gasteiger partial charge in [-0.3, -0.25) is 0 Å². The fourth-order valence-electron chi connectivity index (χ4n) is 1.01. The zero-order valence-corrected chi connectivity index (χ0v) is 6.90. The molecule has 0 saturated heterocycles. The van der Waals surface area contributed by atoms with Gasteiger partial charge >= 0.3 is 7.12 Å². The third kappa shape index (κ3) is 2.56. The quantitative estimate of drug-likeness (QED) is 0.632. The Kier molecular flexibility index (Phi) is 3.14. The maximum atomic E-state index is 8.68. The first-order chi connectivity index (χ1) is 5.72. The standard InChI is InChI=1S/C8H11BO3/c1-12-8-4-2-3-7(5-8)6-9(10)11/h2-5,10-11H,6H2,1H3. The van der Waals surface area contributed by atoms with Crippen LogP contribution in [-0.4, -0.2) is 24.3 Å². The first kappa shape index (κ1) is 9.10. The van der Waals surface area contributed by atoms with Crippen LogP contribution in [0.25, 0.3) is 0 Å². The number of benzene rings is 1. The first-order valence-electron chi connectivity index (χ1n) is 3.71. The zero-order chi connectivity index (χ0) is 8.97. The third-order valence-corrected chi connectivity index (χ3v) is 1.55. The van der Waals surface area contributed by atoms with Crippen molar-refractivity contribution in [1.29, 1.82) is 0 Å². The van der Waals surface area contributed by atoms with Gasteiger partial charge in [0.25, 0.3) is 0 Å². The molecule has 3 nitrogen and oxygen atoms in total. The van der Waals surface area contributed by atoms with E-state index < -0.39 is 7.12 Å². The fraction of sp³-hybridized carbons (Fsp3) is 0.250. The maximum absolute atomic E-state index is 8.68. The summed E-state index contributed by atoms with van der Waals surface area (Å²) in [6.45, 7) is 0. The summed E-state index contributed by atoms with van der Waals surface area (Å²) in [5.41, 5.74) is 0.851. The van der Waals surface area contributed by atoms with Crippen LogP contribution in [0.1, 0.15) is 5.56 Å². The van der Waals surface area contributed by atoms with Crippen LogP contribution in [-0.2, 0) is 6.32 Å². The number of methoxy groups -OCH3 is 1. The Labute approximate surface area is 71.8 Å². The zero-order valence-electron chi connectivity index (χ0n) is 6.90. The summed E-state index contributed by atoms with van der Waals surface area (Å²) < 4.78 is 4.97. The van der Waals surface area contributed by atoms with Crippen molar-refractivity contribution in [3.8, 4) is 5.75 Å². The molecule has 2 N–H and O–H groups in total. The minimum absolute atomic E-state index is 0.233. The Bertz CT molecular complexity index is 250. The highest BCUT2D eigenvalue weighted by molar-refractivity contribution is 6.40. The van der Waals surface area contributed by atoms with Crippen LogP contribution in [0.15, 0.2) is 24.3 Å². The van der Waals surface area contributed by atoms with E-state index in [0.717, 1.165) is 11.3 Å². The molecule has 0 amide bonds. The molecule has 1 rings (SSSR count). The lowest BCUT2D eigenvalue weighted by Gasteiger charge is -2.02. The molecule has 4 heteroatoms. The van der Waals surface area contributed by atoms with Gasteiger partial charge in [0.15, 0.2) is 0 Å². The van der Waals surface area contributed by atoms with Crippen molar-refractivity contribution in [2.75, 3.05) is 7.11 Å². The number of hydrogen-bond donors (Lipinski definition) is 2. The van der Waals surface area contributed by atoms with Crippen LogP contribution < -0.4 is 4.74 Å². The Morgan fingerprint density at radius 1 is 1.42 bits per heavy atom. The molecule has 12 heavy (non-hydrogen) atoms. The minimum atomic E-state index is -1.29. The molecule has 1 aromatic rings. The molecule has 0 atom stereocenters. The van der Waals surface area contributed by atoms with Crippen LogP contribution in [0.3, 0.4) is 0 Å². The van der Waals surface area contributed by atoms with Gasteiger partial charge in [-0.05, 0) is 17.7 Å². The van der Waals surface area contributed by atoms with Gasteiger partial charge in [-0.1, -0.05) is 12.1 Å². The van der Waals surface area contributed by atoms with Crippen molar-refractivity contribution in [2.24, 2.45) is 0 Å². The van der Waals surface area contributed by atoms with Crippen LogP contribution in [0.5, 0.6) is 5.75 Å². The molecule has 0 spiro atoms. The van der Waals surface area contributed by atoms with E-state index in [1.165, 1.54) is 0 Å². The van der Waals surface area contributed by atoms with Crippen LogP contribution in [0, 0.1) is 0 Å². The van der Waals surface area contributed by atoms with Crippen molar-refractivity contribution in [2.45, 2.75) is 6.32 Å². The second-order valence-corrected chi connectivity index (χ2v) is 2.54. The topological polar surface area (TPSA) is 49.7 Å². The smallest absolute Gasteiger partial charge is 0.456 e. The molecule has 0 heterocycles. The molecule has 0 unspecified atom stereocenters. The second kappa shape index (κ2) is 4.14. The average molecular weight is 166 g/mol. The molecule has 0 bridgehead atoms. The van der Waals surface area contributed by atoms with Gasteiger partial charge in [0.2, 0.25) is 0 Å². The van der Waals surface area contributed by atoms with Gasteiger partial charge in [0.1, 0.15) is 5.75 Å². The molecule has 0 saturated carbocycles. The Morgan fingerprint density at radius 2 is 2.17 bits per heavy atom. The molecule has 1 aromatic carbocycles. The monoisotopic (exact) mass is 166 g/mol. The van der Waals surface area contributed by atoms with Crippen molar-refractivity contribution in [1.82, 2.24) is 0 Å². The molecule has 64 valence electrons. The van der Waals surface area contributed by atoms with Gasteiger partial charge in [0, 0.05) is 6.32 Å². The molecular formula is C8H11BO3. The van der Waals surface area contributed by atoms with Crippen molar-refractivity contribution in [3.63, 3.8) is 0 Å². The summed E-state index contributed by atoms with van der Waals surface area (Å²) in [6, 6.07) is 7.23. The van der Waals surface area contributed by atoms with Gasteiger partial charge in [-0.15, -0.1) is 0 Å². The highest BCUT2D eigenvalue weighted by Crippen LogP contribution is 2.12. The molecule has 0 aromatic heterocycles. The molecule has 0 fully saturated rings. The fourth-order valence-corrected chi connectivity index (χ4v) is 1.01. The van der Waals surface area contributed by atoms with E-state index in [2.05, 4.69) is 0 Å². The minimum Gasteiger partial charge on any atom is -0.497 e. The lowest BCUT2D eigenvalue weighted by molar-refractivity contribution is 0.404. The van der Waals surface area contributed by atoms with Crippen LogP contribution in [0.2, 0.25) is 0 Å². The summed E-state index contributed by atoms with van der Waals surface area (Å²) in [5, 5.41) is 17.4. The molecular weight excluding hydrogens is 155 g/mol. The van der Waals surface area contributed by atoms with E-state index in [9.17, 15) is 0 Å². The maximum Gasteiger partial charge on any atom is 0.456 e. The highest BCUT2D eigenvalue weighted by atomic mass is 16.5. The van der Waals surface area contributed by atoms with Crippen molar-refractivity contribution >= 4 is 7.12 Å². The molecule has 0 radical (unpaired) electrons. The van der Waals surface area contributed by atoms with E-state index >= 15 is 0 Å². The van der Waals surface area contributed by atoms with Crippen molar-refractivity contribution < 1.29 is 14.8 Å². The summed E-state index contributed by atoms with van der Waals surface area (Å²) in [7, 11) is 0.284. The number of ether oxygens (including phenoxy) is 1. The summed E-state index contributed by atoms with van der Waals surface area (Å²) in [6.07, 6.45) is 0.233. The number of rotatable bonds is 3. The molecule has 0 aliphatic heterocycles. The van der Waals surface area contributed by atoms with E-state index in [1.807, 2.05) is 18.2 Å². The molecule has 0 aliphatic rings. The van der Waals surface area contributed by atoms with E-state index in [-0.39, 0.29) is 6.32 Å². The SMILES string of the molecule is COc1cccc(CB(O)O)c1. The summed E-state index contributed by atoms with van der Waals surface area (Å²) in [5.74, 6) is 0.730. The van der Waals surface area contributed by atoms with E-state index in [4.69, 9.17) is 14.8 Å². The third-order valence-electron chi connectivity index (χ3n) is 1.55. The van der Waals surface area contributed by atoms with Gasteiger partial charge < -0.3 is 14.8 Å². The molecule has 0 aliphatic carbocycles. The van der Waals surface area contributed by atoms with Crippen molar-refractivity contribution in [3.05, 3.63) is 29.8 Å². The lowest BCUT2D eigenvalue weighted by Crippen LogP contribution is -2.14. The van der Waals surface area contributed by atoms with Crippen LogP contribution in [0.4, 0.5) is 0 Å².